The van der Waals surface area contributed by atoms with Crippen molar-refractivity contribution in [1.29, 1.82) is 0 Å². The SMILES string of the molecule is COc1ccc(C(=O)CS(=O)(=O)O)cc1. The van der Waals surface area contributed by atoms with Gasteiger partial charge in [-0.15, -0.1) is 0 Å². The minimum atomic E-state index is -4.27. The van der Waals surface area contributed by atoms with Gasteiger partial charge in [-0.25, -0.2) is 0 Å². The first kappa shape index (κ1) is 11.7. The fraction of sp³-hybridized carbons (Fsp3) is 0.222. The Balaban J connectivity index is 2.84. The van der Waals surface area contributed by atoms with Crippen LogP contribution in [0.4, 0.5) is 0 Å². The molecule has 0 atom stereocenters. The van der Waals surface area contributed by atoms with Crippen molar-refractivity contribution in [2.45, 2.75) is 0 Å². The second kappa shape index (κ2) is 4.41. The zero-order valence-electron chi connectivity index (χ0n) is 8.00. The Morgan fingerprint density at radius 2 is 1.87 bits per heavy atom. The minimum absolute atomic E-state index is 0.216. The number of hydrogen-bond donors (Lipinski definition) is 1. The normalized spacial score (nSPS) is 11.1. The Kier molecular flexibility index (Phi) is 3.43. The van der Waals surface area contributed by atoms with Gasteiger partial charge >= 0.3 is 0 Å². The van der Waals surface area contributed by atoms with Gasteiger partial charge in [-0.05, 0) is 24.3 Å². The van der Waals surface area contributed by atoms with E-state index in [2.05, 4.69) is 0 Å². The maximum absolute atomic E-state index is 11.3. The van der Waals surface area contributed by atoms with E-state index in [9.17, 15) is 13.2 Å². The molecule has 0 aliphatic heterocycles. The van der Waals surface area contributed by atoms with Crippen molar-refractivity contribution in [2.75, 3.05) is 12.9 Å². The van der Waals surface area contributed by atoms with Gasteiger partial charge in [0.2, 0.25) is 0 Å². The van der Waals surface area contributed by atoms with Gasteiger partial charge in [0.25, 0.3) is 10.1 Å². The Morgan fingerprint density at radius 1 is 1.33 bits per heavy atom. The van der Waals surface area contributed by atoms with Crippen LogP contribution >= 0.6 is 0 Å². The lowest BCUT2D eigenvalue weighted by Gasteiger charge is -2.01. The first-order valence-electron chi connectivity index (χ1n) is 4.05. The molecule has 5 nitrogen and oxygen atoms in total. The van der Waals surface area contributed by atoms with E-state index >= 15 is 0 Å². The van der Waals surface area contributed by atoms with Crippen LogP contribution in [-0.2, 0) is 10.1 Å². The molecule has 0 aliphatic carbocycles. The molecule has 0 aromatic heterocycles. The van der Waals surface area contributed by atoms with Gasteiger partial charge in [-0.1, -0.05) is 0 Å². The van der Waals surface area contributed by atoms with E-state index in [1.807, 2.05) is 0 Å². The summed E-state index contributed by atoms with van der Waals surface area (Å²) in [5.41, 5.74) is 0.216. The second-order valence-corrected chi connectivity index (χ2v) is 4.33. The lowest BCUT2D eigenvalue weighted by Crippen LogP contribution is -2.14. The number of carbonyl (C=O) groups is 1. The maximum Gasteiger partial charge on any atom is 0.272 e. The highest BCUT2D eigenvalue weighted by Gasteiger charge is 2.14. The zero-order valence-corrected chi connectivity index (χ0v) is 8.82. The van der Waals surface area contributed by atoms with Crippen molar-refractivity contribution in [3.8, 4) is 5.75 Å². The topological polar surface area (TPSA) is 80.7 Å². The highest BCUT2D eigenvalue weighted by molar-refractivity contribution is 7.86. The third-order valence-corrected chi connectivity index (χ3v) is 2.35. The highest BCUT2D eigenvalue weighted by Crippen LogP contribution is 2.12. The molecule has 1 aromatic rings. The third-order valence-electron chi connectivity index (χ3n) is 1.73. The fourth-order valence-corrected chi connectivity index (χ4v) is 1.52. The quantitative estimate of drug-likeness (QED) is 0.610. The molecule has 0 unspecified atom stereocenters. The third kappa shape index (κ3) is 3.69. The molecule has 0 aliphatic rings. The van der Waals surface area contributed by atoms with Crippen LogP contribution in [-0.4, -0.2) is 31.6 Å². The maximum atomic E-state index is 11.3. The first-order chi connectivity index (χ1) is 6.92. The lowest BCUT2D eigenvalue weighted by atomic mass is 10.1. The van der Waals surface area contributed by atoms with Crippen LogP contribution in [0.25, 0.3) is 0 Å². The number of rotatable bonds is 4. The second-order valence-electron chi connectivity index (χ2n) is 2.88. The number of benzene rings is 1. The minimum Gasteiger partial charge on any atom is -0.497 e. The molecule has 1 aromatic carbocycles. The highest BCUT2D eigenvalue weighted by atomic mass is 32.2. The molecule has 0 saturated carbocycles. The molecule has 1 rings (SSSR count). The van der Waals surface area contributed by atoms with E-state index in [4.69, 9.17) is 9.29 Å². The molecule has 82 valence electrons. The predicted molar refractivity (Wildman–Crippen MR) is 53.7 cm³/mol. The number of methoxy groups -OCH3 is 1. The molecule has 0 fully saturated rings. The van der Waals surface area contributed by atoms with Crippen LogP contribution < -0.4 is 4.74 Å². The number of hydrogen-bond acceptors (Lipinski definition) is 4. The molecule has 0 heterocycles. The van der Waals surface area contributed by atoms with E-state index in [0.717, 1.165) is 0 Å². The van der Waals surface area contributed by atoms with Crippen LogP contribution in [0, 0.1) is 0 Å². The summed E-state index contributed by atoms with van der Waals surface area (Å²) in [4.78, 5) is 11.3. The molecular weight excluding hydrogens is 220 g/mol. The number of carbonyl (C=O) groups excluding carboxylic acids is 1. The van der Waals surface area contributed by atoms with Crippen molar-refractivity contribution in [1.82, 2.24) is 0 Å². The van der Waals surface area contributed by atoms with Gasteiger partial charge in [0.05, 0.1) is 7.11 Å². The van der Waals surface area contributed by atoms with Crippen molar-refractivity contribution in [2.24, 2.45) is 0 Å². The summed E-state index contributed by atoms with van der Waals surface area (Å²) in [5, 5.41) is 0. The molecule has 0 amide bonds. The summed E-state index contributed by atoms with van der Waals surface area (Å²) in [6.07, 6.45) is 0. The molecular formula is C9H10O5S. The number of Topliss-reactive ketones (excluding diaryl/α,β-unsaturated/α-hetero) is 1. The summed E-state index contributed by atoms with van der Waals surface area (Å²) < 4.78 is 34.2. The average Bonchev–Trinajstić information content (AvgIpc) is 2.15. The van der Waals surface area contributed by atoms with E-state index in [1.54, 1.807) is 0 Å². The molecule has 0 radical (unpaired) electrons. The zero-order chi connectivity index (χ0) is 11.5. The van der Waals surface area contributed by atoms with Gasteiger partial charge in [0, 0.05) is 5.56 Å². The Labute approximate surface area is 87.4 Å². The summed E-state index contributed by atoms with van der Waals surface area (Å²) >= 11 is 0. The summed E-state index contributed by atoms with van der Waals surface area (Å²) in [5.74, 6) is -0.988. The van der Waals surface area contributed by atoms with E-state index < -0.39 is 21.7 Å². The van der Waals surface area contributed by atoms with E-state index in [0.29, 0.717) is 5.75 Å². The molecule has 0 spiro atoms. The summed E-state index contributed by atoms with van der Waals surface area (Å²) in [6, 6.07) is 5.95. The Morgan fingerprint density at radius 3 is 2.27 bits per heavy atom. The summed E-state index contributed by atoms with van der Waals surface area (Å²) in [7, 11) is -2.79. The first-order valence-corrected chi connectivity index (χ1v) is 5.66. The van der Waals surface area contributed by atoms with Crippen molar-refractivity contribution in [3.63, 3.8) is 0 Å². The van der Waals surface area contributed by atoms with Crippen LogP contribution in [0.15, 0.2) is 24.3 Å². The van der Waals surface area contributed by atoms with E-state index in [1.165, 1.54) is 31.4 Å². The predicted octanol–water partition coefficient (Wildman–Crippen LogP) is 0.766. The number of ketones is 1. The molecule has 0 saturated heterocycles. The van der Waals surface area contributed by atoms with Gasteiger partial charge in [-0.3, -0.25) is 9.35 Å². The van der Waals surface area contributed by atoms with Crippen LogP contribution in [0.3, 0.4) is 0 Å². The molecule has 15 heavy (non-hydrogen) atoms. The fourth-order valence-electron chi connectivity index (χ4n) is 1.03. The van der Waals surface area contributed by atoms with Gasteiger partial charge in [-0.2, -0.15) is 8.42 Å². The average molecular weight is 230 g/mol. The monoisotopic (exact) mass is 230 g/mol. The molecule has 1 N–H and O–H groups in total. The van der Waals surface area contributed by atoms with Gasteiger partial charge < -0.3 is 4.74 Å². The standard InChI is InChI=1S/C9H10O5S/c1-14-8-4-2-7(3-5-8)9(10)6-15(11,12)13/h2-5H,6H2,1H3,(H,11,12,13). The van der Waals surface area contributed by atoms with Crippen molar-refractivity contribution < 1.29 is 22.5 Å². The Bertz CT molecular complexity index is 446. The molecule has 6 heteroatoms. The van der Waals surface area contributed by atoms with Gasteiger partial charge in [0.15, 0.2) is 5.78 Å². The van der Waals surface area contributed by atoms with Crippen molar-refractivity contribution in [3.05, 3.63) is 29.8 Å². The smallest absolute Gasteiger partial charge is 0.272 e. The van der Waals surface area contributed by atoms with Crippen LogP contribution in [0.1, 0.15) is 10.4 Å². The van der Waals surface area contributed by atoms with Crippen LogP contribution in [0.2, 0.25) is 0 Å². The van der Waals surface area contributed by atoms with E-state index in [-0.39, 0.29) is 5.56 Å². The summed E-state index contributed by atoms with van der Waals surface area (Å²) in [6.45, 7) is 0. The van der Waals surface area contributed by atoms with Crippen LogP contribution in [0.5, 0.6) is 5.75 Å². The molecule has 0 bridgehead atoms. The number of ether oxygens (including phenoxy) is 1. The Hall–Kier alpha value is -1.40. The van der Waals surface area contributed by atoms with Crippen molar-refractivity contribution >= 4 is 15.9 Å². The largest absolute Gasteiger partial charge is 0.497 e. The van der Waals surface area contributed by atoms with Gasteiger partial charge in [0.1, 0.15) is 11.5 Å². The lowest BCUT2D eigenvalue weighted by molar-refractivity contribution is 0.101.